The van der Waals surface area contributed by atoms with Crippen LogP contribution in [0.25, 0.3) is 0 Å². The van der Waals surface area contributed by atoms with Gasteiger partial charge in [-0.25, -0.2) is 13.6 Å². The van der Waals surface area contributed by atoms with Crippen molar-refractivity contribution in [1.82, 2.24) is 0 Å². The van der Waals surface area contributed by atoms with Crippen molar-refractivity contribution in [2.45, 2.75) is 26.2 Å². The van der Waals surface area contributed by atoms with Gasteiger partial charge in [0.15, 0.2) is 0 Å². The lowest BCUT2D eigenvalue weighted by molar-refractivity contribution is 0.598. The Bertz CT molecular complexity index is 163. The lowest BCUT2D eigenvalue weighted by atomic mass is 10.2. The predicted molar refractivity (Wildman–Crippen MR) is 41.8 cm³/mol. The Hall–Kier alpha value is -0.0900. The summed E-state index contributed by atoms with van der Waals surface area (Å²) in [5.74, 6) is 0.00694. The molecule has 10 heavy (non-hydrogen) atoms. The maximum Gasteiger partial charge on any atom is 0.209 e. The van der Waals surface area contributed by atoms with E-state index in [0.29, 0.717) is 0 Å². The molecule has 61 valence electrons. The van der Waals surface area contributed by atoms with Crippen LogP contribution < -0.4 is 5.14 Å². The van der Waals surface area contributed by atoms with Crippen molar-refractivity contribution in [2.75, 3.05) is 5.75 Å². The molecule has 0 aliphatic heterocycles. The molecule has 3 nitrogen and oxygen atoms in total. The molecular formula is C6H14NO2S. The van der Waals surface area contributed by atoms with Gasteiger partial charge in [-0.3, -0.25) is 0 Å². The van der Waals surface area contributed by atoms with E-state index in [4.69, 9.17) is 5.14 Å². The highest BCUT2D eigenvalue weighted by atomic mass is 32.2. The normalized spacial score (nSPS) is 11.8. The molecular weight excluding hydrogens is 150 g/mol. The van der Waals surface area contributed by atoms with E-state index in [1.165, 1.54) is 0 Å². The zero-order chi connectivity index (χ0) is 8.04. The molecule has 0 fully saturated rings. The van der Waals surface area contributed by atoms with Gasteiger partial charge in [-0.2, -0.15) is 0 Å². The van der Waals surface area contributed by atoms with Crippen LogP contribution in [0.4, 0.5) is 0 Å². The van der Waals surface area contributed by atoms with Crippen LogP contribution in [-0.4, -0.2) is 14.2 Å². The molecule has 0 amide bonds. The van der Waals surface area contributed by atoms with Gasteiger partial charge >= 0.3 is 0 Å². The number of primary sulfonamides is 1. The molecule has 0 saturated carbocycles. The first-order valence-corrected chi connectivity index (χ1v) is 5.10. The minimum absolute atomic E-state index is 0.00694. The molecule has 2 N–H and O–H groups in total. The second kappa shape index (κ2) is 4.68. The summed E-state index contributed by atoms with van der Waals surface area (Å²) in [7, 11) is -3.26. The molecule has 1 radical (unpaired) electrons. The third-order valence-corrected chi connectivity index (χ3v) is 1.81. The van der Waals surface area contributed by atoms with Crippen LogP contribution in [0.3, 0.4) is 0 Å². The van der Waals surface area contributed by atoms with Gasteiger partial charge < -0.3 is 0 Å². The minimum Gasteiger partial charge on any atom is -0.229 e. The second-order valence-corrected chi connectivity index (χ2v) is 3.92. The first-order chi connectivity index (χ1) is 4.56. The molecule has 0 saturated heterocycles. The molecule has 0 spiro atoms. The van der Waals surface area contributed by atoms with Crippen molar-refractivity contribution in [1.29, 1.82) is 0 Å². The van der Waals surface area contributed by atoms with E-state index >= 15 is 0 Å². The van der Waals surface area contributed by atoms with Gasteiger partial charge in [-0.05, 0) is 12.8 Å². The average Bonchev–Trinajstić information content (AvgIpc) is 1.78. The topological polar surface area (TPSA) is 60.2 Å². The first-order valence-electron chi connectivity index (χ1n) is 3.38. The smallest absolute Gasteiger partial charge is 0.209 e. The Labute approximate surface area is 62.7 Å². The van der Waals surface area contributed by atoms with E-state index in [0.717, 1.165) is 19.3 Å². The number of nitrogens with two attached hydrogens (primary N) is 1. The molecule has 0 aliphatic rings. The van der Waals surface area contributed by atoms with Gasteiger partial charge in [0.1, 0.15) is 0 Å². The highest BCUT2D eigenvalue weighted by molar-refractivity contribution is 7.89. The minimum atomic E-state index is -3.26. The van der Waals surface area contributed by atoms with Crippen LogP contribution in [0.5, 0.6) is 0 Å². The number of hydrogen-bond acceptors (Lipinski definition) is 2. The molecule has 0 unspecified atom stereocenters. The van der Waals surface area contributed by atoms with Gasteiger partial charge in [0, 0.05) is 0 Å². The summed E-state index contributed by atoms with van der Waals surface area (Å²) in [6, 6.07) is 0. The predicted octanol–water partition coefficient (Wildman–Crippen LogP) is 0.669. The Morgan fingerprint density at radius 2 is 2.10 bits per heavy atom. The Morgan fingerprint density at radius 1 is 1.50 bits per heavy atom. The Kier molecular flexibility index (Phi) is 4.64. The molecule has 0 atom stereocenters. The van der Waals surface area contributed by atoms with Crippen molar-refractivity contribution >= 4 is 10.0 Å². The van der Waals surface area contributed by atoms with Crippen LogP contribution in [0.1, 0.15) is 26.2 Å². The quantitative estimate of drug-likeness (QED) is 0.607. The molecule has 0 aromatic rings. The van der Waals surface area contributed by atoms with E-state index in [-0.39, 0.29) is 5.75 Å². The summed E-state index contributed by atoms with van der Waals surface area (Å²) >= 11 is 0. The zero-order valence-corrected chi connectivity index (χ0v) is 7.02. The van der Waals surface area contributed by atoms with Gasteiger partial charge in [0.2, 0.25) is 10.0 Å². The standard InChI is InChI=1S/C6H14NO2S/c1-2-3-4-5-6-10(7,8)9/h5H,2-4,6H2,1H3,(H2,7,8,9). The fraction of sp³-hybridized carbons (Fsp3) is 0.833. The highest BCUT2D eigenvalue weighted by Gasteiger charge is 2.00. The van der Waals surface area contributed by atoms with Crippen LogP contribution in [0, 0.1) is 6.42 Å². The lowest BCUT2D eigenvalue weighted by Gasteiger charge is -1.95. The molecule has 0 bridgehead atoms. The van der Waals surface area contributed by atoms with Gasteiger partial charge in [-0.1, -0.05) is 19.8 Å². The average molecular weight is 164 g/mol. The Balaban J connectivity index is 3.21. The highest BCUT2D eigenvalue weighted by Crippen LogP contribution is 1.98. The third kappa shape index (κ3) is 7.91. The van der Waals surface area contributed by atoms with Crippen molar-refractivity contribution < 1.29 is 8.42 Å². The fourth-order valence-electron chi connectivity index (χ4n) is 0.596. The third-order valence-electron chi connectivity index (χ3n) is 1.11. The van der Waals surface area contributed by atoms with Crippen LogP contribution in [0.15, 0.2) is 0 Å². The van der Waals surface area contributed by atoms with Crippen molar-refractivity contribution in [3.8, 4) is 0 Å². The van der Waals surface area contributed by atoms with Crippen LogP contribution in [-0.2, 0) is 10.0 Å². The van der Waals surface area contributed by atoms with E-state index in [1.54, 1.807) is 6.42 Å². The lowest BCUT2D eigenvalue weighted by Crippen LogP contribution is -2.16. The molecule has 0 aromatic heterocycles. The van der Waals surface area contributed by atoms with E-state index < -0.39 is 10.0 Å². The zero-order valence-electron chi connectivity index (χ0n) is 6.21. The second-order valence-electron chi connectivity index (χ2n) is 2.26. The van der Waals surface area contributed by atoms with E-state index in [2.05, 4.69) is 6.92 Å². The summed E-state index contributed by atoms with van der Waals surface area (Å²) in [5.41, 5.74) is 0. The first kappa shape index (κ1) is 9.91. The summed E-state index contributed by atoms with van der Waals surface area (Å²) in [4.78, 5) is 0. The van der Waals surface area contributed by atoms with Gasteiger partial charge in [0.05, 0.1) is 5.75 Å². The maximum absolute atomic E-state index is 10.3. The molecule has 4 heteroatoms. The summed E-state index contributed by atoms with van der Waals surface area (Å²) < 4.78 is 20.7. The molecule has 0 rings (SSSR count). The molecule has 0 aromatic carbocycles. The summed E-state index contributed by atoms with van der Waals surface area (Å²) in [5, 5.41) is 4.76. The maximum atomic E-state index is 10.3. The number of rotatable bonds is 5. The Morgan fingerprint density at radius 3 is 2.50 bits per heavy atom. The van der Waals surface area contributed by atoms with Crippen LogP contribution in [0.2, 0.25) is 0 Å². The summed E-state index contributed by atoms with van der Waals surface area (Å²) in [6.45, 7) is 2.06. The monoisotopic (exact) mass is 164 g/mol. The number of sulfonamides is 1. The number of hydrogen-bond donors (Lipinski definition) is 1. The van der Waals surface area contributed by atoms with Gasteiger partial charge in [0.25, 0.3) is 0 Å². The molecule has 0 aliphatic carbocycles. The van der Waals surface area contributed by atoms with E-state index in [1.807, 2.05) is 0 Å². The van der Waals surface area contributed by atoms with Crippen molar-refractivity contribution in [3.05, 3.63) is 6.42 Å². The SMILES string of the molecule is CCCC[CH]CS(N)(=O)=O. The van der Waals surface area contributed by atoms with Gasteiger partial charge in [-0.15, -0.1) is 0 Å². The van der Waals surface area contributed by atoms with Crippen LogP contribution >= 0.6 is 0 Å². The van der Waals surface area contributed by atoms with Crippen molar-refractivity contribution in [2.24, 2.45) is 5.14 Å². The fourth-order valence-corrected chi connectivity index (χ4v) is 1.09. The largest absolute Gasteiger partial charge is 0.229 e. The van der Waals surface area contributed by atoms with Crippen molar-refractivity contribution in [3.63, 3.8) is 0 Å². The molecule has 0 heterocycles. The number of unbranched alkanes of at least 4 members (excludes halogenated alkanes) is 3. The summed E-state index contributed by atoms with van der Waals surface area (Å²) in [6.07, 6.45) is 4.67. The van der Waals surface area contributed by atoms with E-state index in [9.17, 15) is 8.42 Å².